The van der Waals surface area contributed by atoms with E-state index in [9.17, 15) is 4.79 Å². The van der Waals surface area contributed by atoms with E-state index in [1.54, 1.807) is 12.1 Å². The standard InChI is InChI=1S/C15H18ClNO3/c1-9-3-2-4-12(9)17-15(18)10-7-11(16)14-13(8-10)19-5-6-20-14/h7-9,12H,2-6H2,1H3,(H,17,18)/t9-,12+/m0/s1. The van der Waals surface area contributed by atoms with Gasteiger partial charge in [-0.05, 0) is 30.9 Å². The molecule has 1 fully saturated rings. The molecule has 1 aromatic rings. The van der Waals surface area contributed by atoms with Gasteiger partial charge in [-0.1, -0.05) is 24.9 Å². The summed E-state index contributed by atoms with van der Waals surface area (Å²) in [6.07, 6.45) is 3.39. The van der Waals surface area contributed by atoms with E-state index in [0.29, 0.717) is 41.2 Å². The lowest BCUT2D eigenvalue weighted by Crippen LogP contribution is -2.36. The fraction of sp³-hybridized carbons (Fsp3) is 0.533. The van der Waals surface area contributed by atoms with Crippen molar-refractivity contribution >= 4 is 17.5 Å². The summed E-state index contributed by atoms with van der Waals surface area (Å²) in [5.41, 5.74) is 0.526. The molecule has 0 spiro atoms. The predicted octanol–water partition coefficient (Wildman–Crippen LogP) is 3.03. The Morgan fingerprint density at radius 2 is 2.10 bits per heavy atom. The molecule has 1 N–H and O–H groups in total. The summed E-state index contributed by atoms with van der Waals surface area (Å²) < 4.78 is 10.9. The highest BCUT2D eigenvalue weighted by molar-refractivity contribution is 6.32. The second-order valence-electron chi connectivity index (χ2n) is 5.47. The van der Waals surface area contributed by atoms with Gasteiger partial charge in [0, 0.05) is 11.6 Å². The van der Waals surface area contributed by atoms with Crippen molar-refractivity contribution in [3.8, 4) is 11.5 Å². The van der Waals surface area contributed by atoms with Gasteiger partial charge in [-0.25, -0.2) is 0 Å². The molecule has 1 saturated carbocycles. The Morgan fingerprint density at radius 3 is 2.85 bits per heavy atom. The third-order valence-electron chi connectivity index (χ3n) is 4.04. The summed E-state index contributed by atoms with van der Waals surface area (Å²) in [5.74, 6) is 1.52. The number of amides is 1. The van der Waals surface area contributed by atoms with Crippen LogP contribution in [-0.4, -0.2) is 25.2 Å². The van der Waals surface area contributed by atoms with Gasteiger partial charge in [0.2, 0.25) is 0 Å². The van der Waals surface area contributed by atoms with Crippen LogP contribution in [0.4, 0.5) is 0 Å². The normalized spacial score (nSPS) is 24.5. The van der Waals surface area contributed by atoms with Crippen molar-refractivity contribution in [1.29, 1.82) is 0 Å². The van der Waals surface area contributed by atoms with Crippen molar-refractivity contribution in [2.24, 2.45) is 5.92 Å². The molecule has 20 heavy (non-hydrogen) atoms. The van der Waals surface area contributed by atoms with Crippen LogP contribution in [0.15, 0.2) is 12.1 Å². The minimum Gasteiger partial charge on any atom is -0.486 e. The Hall–Kier alpha value is -1.42. The van der Waals surface area contributed by atoms with Crippen LogP contribution < -0.4 is 14.8 Å². The third kappa shape index (κ3) is 2.57. The molecule has 1 amide bonds. The lowest BCUT2D eigenvalue weighted by Gasteiger charge is -2.21. The summed E-state index contributed by atoms with van der Waals surface area (Å²) in [5, 5.41) is 3.51. The van der Waals surface area contributed by atoms with Crippen LogP contribution in [-0.2, 0) is 0 Å². The Morgan fingerprint density at radius 1 is 1.30 bits per heavy atom. The molecule has 0 aromatic heterocycles. The zero-order valence-electron chi connectivity index (χ0n) is 11.4. The maximum atomic E-state index is 12.3. The van der Waals surface area contributed by atoms with E-state index in [1.165, 1.54) is 12.8 Å². The van der Waals surface area contributed by atoms with Crippen LogP contribution in [0, 0.1) is 5.92 Å². The molecule has 108 valence electrons. The number of carbonyl (C=O) groups is 1. The van der Waals surface area contributed by atoms with E-state index in [4.69, 9.17) is 21.1 Å². The SMILES string of the molecule is C[C@H]1CCC[C@H]1NC(=O)c1cc(Cl)c2c(c1)OCCO2. The van der Waals surface area contributed by atoms with Gasteiger partial charge in [-0.3, -0.25) is 4.79 Å². The molecule has 2 aliphatic rings. The maximum absolute atomic E-state index is 12.3. The van der Waals surface area contributed by atoms with Gasteiger partial charge < -0.3 is 14.8 Å². The van der Waals surface area contributed by atoms with Crippen molar-refractivity contribution in [2.75, 3.05) is 13.2 Å². The molecule has 1 heterocycles. The zero-order valence-corrected chi connectivity index (χ0v) is 12.2. The number of ether oxygens (including phenoxy) is 2. The number of halogens is 1. The maximum Gasteiger partial charge on any atom is 0.251 e. The molecule has 4 nitrogen and oxygen atoms in total. The number of hydrogen-bond acceptors (Lipinski definition) is 3. The molecule has 1 aromatic carbocycles. The summed E-state index contributed by atoms with van der Waals surface area (Å²) >= 11 is 6.15. The molecule has 5 heteroatoms. The summed E-state index contributed by atoms with van der Waals surface area (Å²) in [6.45, 7) is 3.14. The third-order valence-corrected chi connectivity index (χ3v) is 4.32. The van der Waals surface area contributed by atoms with Crippen molar-refractivity contribution in [1.82, 2.24) is 5.32 Å². The minimum absolute atomic E-state index is 0.0948. The average Bonchev–Trinajstić information content (AvgIpc) is 2.84. The number of fused-ring (bicyclic) bond motifs is 1. The smallest absolute Gasteiger partial charge is 0.251 e. The first-order chi connectivity index (χ1) is 9.65. The molecule has 1 aliphatic heterocycles. The molecular weight excluding hydrogens is 278 g/mol. The average molecular weight is 296 g/mol. The van der Waals surface area contributed by atoms with E-state index in [-0.39, 0.29) is 11.9 Å². The largest absolute Gasteiger partial charge is 0.486 e. The summed E-state index contributed by atoms with van der Waals surface area (Å²) in [7, 11) is 0. The van der Waals surface area contributed by atoms with E-state index in [0.717, 1.165) is 6.42 Å². The number of benzene rings is 1. The number of carbonyl (C=O) groups excluding carboxylic acids is 1. The van der Waals surface area contributed by atoms with Gasteiger partial charge in [-0.2, -0.15) is 0 Å². The van der Waals surface area contributed by atoms with Gasteiger partial charge in [0.1, 0.15) is 13.2 Å². The highest BCUT2D eigenvalue weighted by Crippen LogP contribution is 2.38. The van der Waals surface area contributed by atoms with Gasteiger partial charge in [0.25, 0.3) is 5.91 Å². The minimum atomic E-state index is -0.0948. The van der Waals surface area contributed by atoms with Crippen LogP contribution in [0.1, 0.15) is 36.5 Å². The quantitative estimate of drug-likeness (QED) is 0.912. The predicted molar refractivity (Wildman–Crippen MR) is 76.7 cm³/mol. The molecule has 0 bridgehead atoms. The van der Waals surface area contributed by atoms with Crippen LogP contribution in [0.2, 0.25) is 5.02 Å². The van der Waals surface area contributed by atoms with Gasteiger partial charge >= 0.3 is 0 Å². The number of hydrogen-bond donors (Lipinski definition) is 1. The molecule has 1 aliphatic carbocycles. The molecule has 0 unspecified atom stereocenters. The van der Waals surface area contributed by atoms with E-state index < -0.39 is 0 Å². The Labute approximate surface area is 123 Å². The van der Waals surface area contributed by atoms with Crippen molar-refractivity contribution in [2.45, 2.75) is 32.2 Å². The lowest BCUT2D eigenvalue weighted by atomic mass is 10.1. The van der Waals surface area contributed by atoms with Crippen LogP contribution in [0.5, 0.6) is 11.5 Å². The Bertz CT molecular complexity index is 532. The summed E-state index contributed by atoms with van der Waals surface area (Å²) in [6, 6.07) is 3.61. The summed E-state index contributed by atoms with van der Waals surface area (Å²) in [4.78, 5) is 12.3. The Balaban J connectivity index is 1.79. The van der Waals surface area contributed by atoms with Gasteiger partial charge in [-0.15, -0.1) is 0 Å². The molecule has 0 saturated heterocycles. The first kappa shape index (κ1) is 13.6. The monoisotopic (exact) mass is 295 g/mol. The first-order valence-corrected chi connectivity index (χ1v) is 7.43. The van der Waals surface area contributed by atoms with E-state index in [2.05, 4.69) is 12.2 Å². The second kappa shape index (κ2) is 5.52. The Kier molecular flexibility index (Phi) is 3.74. The van der Waals surface area contributed by atoms with E-state index in [1.807, 2.05) is 0 Å². The fourth-order valence-electron chi connectivity index (χ4n) is 2.85. The topological polar surface area (TPSA) is 47.6 Å². The van der Waals surface area contributed by atoms with Crippen molar-refractivity contribution in [3.05, 3.63) is 22.7 Å². The molecular formula is C15H18ClNO3. The second-order valence-corrected chi connectivity index (χ2v) is 5.88. The zero-order chi connectivity index (χ0) is 14.1. The van der Waals surface area contributed by atoms with Gasteiger partial charge in [0.15, 0.2) is 11.5 Å². The van der Waals surface area contributed by atoms with Crippen LogP contribution in [0.3, 0.4) is 0 Å². The number of nitrogens with one attached hydrogen (secondary N) is 1. The van der Waals surface area contributed by atoms with Crippen LogP contribution >= 0.6 is 11.6 Å². The van der Waals surface area contributed by atoms with Crippen LogP contribution in [0.25, 0.3) is 0 Å². The van der Waals surface area contributed by atoms with Gasteiger partial charge in [0.05, 0.1) is 5.02 Å². The van der Waals surface area contributed by atoms with Crippen molar-refractivity contribution in [3.63, 3.8) is 0 Å². The highest BCUT2D eigenvalue weighted by atomic mass is 35.5. The molecule has 3 rings (SSSR count). The molecule has 0 radical (unpaired) electrons. The molecule has 2 atom stereocenters. The highest BCUT2D eigenvalue weighted by Gasteiger charge is 2.26. The lowest BCUT2D eigenvalue weighted by molar-refractivity contribution is 0.0928. The first-order valence-electron chi connectivity index (χ1n) is 7.05. The van der Waals surface area contributed by atoms with Crippen molar-refractivity contribution < 1.29 is 14.3 Å². The number of rotatable bonds is 2. The fourth-order valence-corrected chi connectivity index (χ4v) is 3.12. The van der Waals surface area contributed by atoms with E-state index >= 15 is 0 Å².